The predicted octanol–water partition coefficient (Wildman–Crippen LogP) is 1.78. The molecule has 2 rings (SSSR count). The van der Waals surface area contributed by atoms with Crippen LogP contribution in [0.5, 0.6) is 0 Å². The van der Waals surface area contributed by atoms with Gasteiger partial charge < -0.3 is 0 Å². The second-order valence-electron chi connectivity index (χ2n) is 4.87. The number of hydrogen-bond acceptors (Lipinski definition) is 3. The topological polar surface area (TPSA) is 57.7 Å². The molecule has 0 saturated carbocycles. The van der Waals surface area contributed by atoms with Crippen LogP contribution in [0.2, 0.25) is 0 Å². The first-order chi connectivity index (χ1) is 9.43. The molecule has 0 aliphatic carbocycles. The Morgan fingerprint density at radius 2 is 1.55 bits per heavy atom. The van der Waals surface area contributed by atoms with E-state index in [-0.39, 0.29) is 13.1 Å². The minimum absolute atomic E-state index is 0.0484. The third-order valence-corrected chi connectivity index (χ3v) is 3.07. The van der Waals surface area contributed by atoms with Crippen molar-refractivity contribution in [2.45, 2.75) is 20.4 Å². The second-order valence-corrected chi connectivity index (χ2v) is 4.87. The van der Waals surface area contributed by atoms with Gasteiger partial charge in [-0.3, -0.25) is 19.4 Å². The monoisotopic (exact) mass is 272 g/mol. The molecule has 1 aliphatic heterocycles. The number of hydrogen-bond donors (Lipinski definition) is 0. The first kappa shape index (κ1) is 14.0. The lowest BCUT2D eigenvalue weighted by molar-refractivity contribution is -0.143. The van der Waals surface area contributed by atoms with Crippen LogP contribution >= 0.6 is 0 Å². The van der Waals surface area contributed by atoms with E-state index in [2.05, 4.69) is 6.58 Å². The van der Waals surface area contributed by atoms with Crippen LogP contribution in [0.15, 0.2) is 30.9 Å². The molecule has 1 heterocycles. The Balaban J connectivity index is 2.25. The van der Waals surface area contributed by atoms with Crippen molar-refractivity contribution < 1.29 is 14.4 Å². The third-order valence-electron chi connectivity index (χ3n) is 3.07. The summed E-state index contributed by atoms with van der Waals surface area (Å²) in [6.45, 7) is 7.52. The van der Waals surface area contributed by atoms with Gasteiger partial charge in [0.2, 0.25) is 0 Å². The minimum Gasteiger partial charge on any atom is -0.263 e. The molecule has 4 amide bonds. The molecule has 1 aromatic rings. The molecule has 104 valence electrons. The zero-order valence-corrected chi connectivity index (χ0v) is 11.5. The van der Waals surface area contributed by atoms with Crippen LogP contribution in [0.4, 0.5) is 4.79 Å². The van der Waals surface area contributed by atoms with Gasteiger partial charge in [0, 0.05) is 6.54 Å². The van der Waals surface area contributed by atoms with Crippen LogP contribution < -0.4 is 0 Å². The zero-order valence-electron chi connectivity index (χ0n) is 11.5. The Kier molecular flexibility index (Phi) is 3.70. The summed E-state index contributed by atoms with van der Waals surface area (Å²) in [6.07, 6.45) is 1.42. The standard InChI is InChI=1S/C15H16N2O3/c1-4-5-16-13(18)14(19)17(15(16)20)9-12-7-10(2)6-11(3)8-12/h4,6-8H,1,5,9H2,2-3H3. The second kappa shape index (κ2) is 5.28. The normalized spacial score (nSPS) is 15.2. The molecule has 0 aromatic heterocycles. The van der Waals surface area contributed by atoms with Crippen LogP contribution in [0.1, 0.15) is 16.7 Å². The minimum atomic E-state index is -0.792. The smallest absolute Gasteiger partial charge is 0.263 e. The molecule has 0 bridgehead atoms. The first-order valence-electron chi connectivity index (χ1n) is 6.29. The van der Waals surface area contributed by atoms with E-state index in [1.54, 1.807) is 0 Å². The predicted molar refractivity (Wildman–Crippen MR) is 73.8 cm³/mol. The van der Waals surface area contributed by atoms with Gasteiger partial charge in [-0.05, 0) is 19.4 Å². The number of carbonyl (C=O) groups is 3. The fourth-order valence-electron chi connectivity index (χ4n) is 2.32. The van der Waals surface area contributed by atoms with Crippen molar-refractivity contribution in [2.24, 2.45) is 0 Å². The molecule has 0 radical (unpaired) electrons. The molecule has 20 heavy (non-hydrogen) atoms. The fourth-order valence-corrected chi connectivity index (χ4v) is 2.32. The molecule has 1 aromatic carbocycles. The van der Waals surface area contributed by atoms with E-state index in [0.717, 1.165) is 26.5 Å². The lowest BCUT2D eigenvalue weighted by Gasteiger charge is -2.15. The lowest BCUT2D eigenvalue weighted by Crippen LogP contribution is -2.33. The van der Waals surface area contributed by atoms with Crippen LogP contribution in [-0.4, -0.2) is 34.2 Å². The lowest BCUT2D eigenvalue weighted by atomic mass is 10.1. The maximum atomic E-state index is 12.1. The van der Waals surface area contributed by atoms with Crippen molar-refractivity contribution in [1.29, 1.82) is 0 Å². The van der Waals surface area contributed by atoms with E-state index in [1.165, 1.54) is 6.08 Å². The molecular formula is C15H16N2O3. The van der Waals surface area contributed by atoms with E-state index in [9.17, 15) is 14.4 Å². The van der Waals surface area contributed by atoms with E-state index in [1.807, 2.05) is 32.0 Å². The molecule has 5 nitrogen and oxygen atoms in total. The number of amides is 4. The van der Waals surface area contributed by atoms with Gasteiger partial charge in [0.15, 0.2) is 0 Å². The summed E-state index contributed by atoms with van der Waals surface area (Å²) in [7, 11) is 0. The summed E-state index contributed by atoms with van der Waals surface area (Å²) < 4.78 is 0. The van der Waals surface area contributed by atoms with Crippen molar-refractivity contribution in [2.75, 3.05) is 6.54 Å². The molecule has 0 atom stereocenters. The number of carbonyl (C=O) groups excluding carboxylic acids is 3. The van der Waals surface area contributed by atoms with Gasteiger partial charge in [-0.15, -0.1) is 6.58 Å². The molecule has 0 unspecified atom stereocenters. The highest BCUT2D eigenvalue weighted by atomic mass is 16.2. The molecule has 1 aliphatic rings. The van der Waals surface area contributed by atoms with E-state index in [4.69, 9.17) is 0 Å². The fraction of sp³-hybridized carbons (Fsp3) is 0.267. The Morgan fingerprint density at radius 3 is 2.10 bits per heavy atom. The van der Waals surface area contributed by atoms with Crippen molar-refractivity contribution >= 4 is 17.8 Å². The summed E-state index contributed by atoms with van der Waals surface area (Å²) in [4.78, 5) is 37.5. The summed E-state index contributed by atoms with van der Waals surface area (Å²) in [5.74, 6) is -1.57. The van der Waals surface area contributed by atoms with Gasteiger partial charge in [-0.1, -0.05) is 35.4 Å². The van der Waals surface area contributed by atoms with Gasteiger partial charge in [0.05, 0.1) is 6.54 Å². The summed E-state index contributed by atoms with van der Waals surface area (Å²) in [6, 6.07) is 5.22. The molecule has 1 saturated heterocycles. The number of imide groups is 2. The van der Waals surface area contributed by atoms with E-state index in [0.29, 0.717) is 0 Å². The van der Waals surface area contributed by atoms with Crippen LogP contribution in [0.25, 0.3) is 0 Å². The Labute approximate surface area is 117 Å². The molecular weight excluding hydrogens is 256 g/mol. The first-order valence-corrected chi connectivity index (χ1v) is 6.29. The zero-order chi connectivity index (χ0) is 14.9. The van der Waals surface area contributed by atoms with Crippen molar-refractivity contribution in [3.8, 4) is 0 Å². The maximum absolute atomic E-state index is 12.1. The number of urea groups is 1. The maximum Gasteiger partial charge on any atom is 0.334 e. The van der Waals surface area contributed by atoms with Gasteiger partial charge >= 0.3 is 17.8 Å². The highest BCUT2D eigenvalue weighted by molar-refractivity contribution is 6.44. The largest absolute Gasteiger partial charge is 0.334 e. The Morgan fingerprint density at radius 1 is 1.00 bits per heavy atom. The average Bonchev–Trinajstić information content (AvgIpc) is 2.55. The highest BCUT2D eigenvalue weighted by Gasteiger charge is 2.43. The third kappa shape index (κ3) is 2.47. The molecule has 1 fully saturated rings. The quantitative estimate of drug-likeness (QED) is 0.477. The Bertz CT molecular complexity index is 587. The SMILES string of the molecule is C=CCN1C(=O)C(=O)N(Cc2cc(C)cc(C)c2)C1=O. The summed E-state index contributed by atoms with van der Waals surface area (Å²) in [5.41, 5.74) is 2.93. The summed E-state index contributed by atoms with van der Waals surface area (Å²) in [5, 5.41) is 0. The molecule has 0 N–H and O–H groups in total. The van der Waals surface area contributed by atoms with Gasteiger partial charge in [-0.2, -0.15) is 0 Å². The van der Waals surface area contributed by atoms with Gasteiger partial charge in [-0.25, -0.2) is 4.79 Å². The molecule has 5 heteroatoms. The summed E-state index contributed by atoms with van der Waals surface area (Å²) >= 11 is 0. The molecule has 0 spiro atoms. The highest BCUT2D eigenvalue weighted by Crippen LogP contribution is 2.17. The number of rotatable bonds is 4. The van der Waals surface area contributed by atoms with Crippen LogP contribution in [-0.2, 0) is 16.1 Å². The van der Waals surface area contributed by atoms with E-state index >= 15 is 0 Å². The van der Waals surface area contributed by atoms with Gasteiger partial charge in [0.1, 0.15) is 0 Å². The van der Waals surface area contributed by atoms with Crippen LogP contribution in [0, 0.1) is 13.8 Å². The number of benzene rings is 1. The van der Waals surface area contributed by atoms with Crippen molar-refractivity contribution in [1.82, 2.24) is 9.80 Å². The Hall–Kier alpha value is -2.43. The average molecular weight is 272 g/mol. The van der Waals surface area contributed by atoms with Crippen molar-refractivity contribution in [3.63, 3.8) is 0 Å². The van der Waals surface area contributed by atoms with E-state index < -0.39 is 17.8 Å². The number of nitrogens with zero attached hydrogens (tertiary/aromatic N) is 2. The van der Waals surface area contributed by atoms with Crippen LogP contribution in [0.3, 0.4) is 0 Å². The van der Waals surface area contributed by atoms with Crippen molar-refractivity contribution in [3.05, 3.63) is 47.5 Å². The van der Waals surface area contributed by atoms with Gasteiger partial charge in [0.25, 0.3) is 0 Å². The number of aryl methyl sites for hydroxylation is 2.